The first kappa shape index (κ1) is 17.8. The third-order valence-corrected chi connectivity index (χ3v) is 5.47. The lowest BCUT2D eigenvalue weighted by molar-refractivity contribution is 0.0495. The zero-order valence-corrected chi connectivity index (χ0v) is 15.3. The molecule has 0 radical (unpaired) electrons. The van der Waals surface area contributed by atoms with E-state index < -0.39 is 7.14 Å². The minimum Gasteiger partial charge on any atom is -0.379 e. The molecule has 0 atom stereocenters. The molecule has 8 nitrogen and oxygen atoms in total. The summed E-state index contributed by atoms with van der Waals surface area (Å²) >= 11 is 0. The highest BCUT2D eigenvalue weighted by Gasteiger charge is 2.14. The zero-order chi connectivity index (χ0) is 17.9. The second-order valence-electron chi connectivity index (χ2n) is 6.21. The smallest absolute Gasteiger partial charge is 0.152 e. The summed E-state index contributed by atoms with van der Waals surface area (Å²) < 4.78 is 17.4. The first-order valence-corrected chi connectivity index (χ1v) is 10.7. The predicted molar refractivity (Wildman–Crippen MR) is 99.9 cm³/mol. The van der Waals surface area contributed by atoms with Crippen LogP contribution in [0.2, 0.25) is 0 Å². The maximum Gasteiger partial charge on any atom is 0.152 e. The second-order valence-corrected chi connectivity index (χ2v) is 9.43. The van der Waals surface area contributed by atoms with Crippen LogP contribution in [0, 0.1) is 0 Å². The number of hydrogen-bond donors (Lipinski definition) is 2. The van der Waals surface area contributed by atoms with Crippen molar-refractivity contribution in [3.63, 3.8) is 0 Å². The molecule has 0 bridgehead atoms. The van der Waals surface area contributed by atoms with Gasteiger partial charge in [0.15, 0.2) is 5.82 Å². The van der Waals surface area contributed by atoms with E-state index >= 15 is 0 Å². The van der Waals surface area contributed by atoms with Crippen LogP contribution in [0.15, 0.2) is 36.7 Å². The van der Waals surface area contributed by atoms with Gasteiger partial charge in [0.25, 0.3) is 0 Å². The summed E-state index contributed by atoms with van der Waals surface area (Å²) in [4.78, 5) is 8.46. The van der Waals surface area contributed by atoms with E-state index in [1.165, 1.54) is 11.3 Å². The first-order valence-electron chi connectivity index (χ1n) is 8.05. The predicted octanol–water partition coefficient (Wildman–Crippen LogP) is 1.40. The quantitative estimate of drug-likeness (QED) is 0.468. The molecule has 2 heterocycles. The van der Waals surface area contributed by atoms with Gasteiger partial charge in [-0.05, 0) is 37.6 Å². The van der Waals surface area contributed by atoms with E-state index in [0.29, 0.717) is 24.8 Å². The molecule has 1 aliphatic heterocycles. The number of aromatic nitrogens is 2. The molecule has 0 saturated carbocycles. The van der Waals surface area contributed by atoms with Crippen LogP contribution in [0.25, 0.3) is 0 Å². The summed E-state index contributed by atoms with van der Waals surface area (Å²) in [5.74, 6) is 7.43. The number of nitrogens with two attached hydrogens (primary N) is 1. The maximum atomic E-state index is 12.1. The van der Waals surface area contributed by atoms with Crippen LogP contribution < -0.4 is 21.6 Å². The fourth-order valence-electron chi connectivity index (χ4n) is 2.48. The molecular weight excluding hydrogens is 339 g/mol. The number of morpholine rings is 1. The fraction of sp³-hybridized carbons (Fsp3) is 0.375. The Balaban J connectivity index is 1.74. The van der Waals surface area contributed by atoms with E-state index in [9.17, 15) is 4.57 Å². The summed E-state index contributed by atoms with van der Waals surface area (Å²) in [6.07, 6.45) is 1.47. The van der Waals surface area contributed by atoms with E-state index in [1.54, 1.807) is 19.4 Å². The highest BCUT2D eigenvalue weighted by atomic mass is 31.2. The topological polar surface area (TPSA) is 96.6 Å². The number of nitrogens with zero attached hydrogens (tertiary/aromatic N) is 4. The summed E-state index contributed by atoms with van der Waals surface area (Å²) in [6.45, 7) is 6.47. The maximum absolute atomic E-state index is 12.1. The van der Waals surface area contributed by atoms with Gasteiger partial charge in [0.05, 0.1) is 18.9 Å². The SMILES string of the molecule is CP(C)(=O)c1ccc(N(N)c2cc(NN3CCOCC3)ncn2)cc1. The van der Waals surface area contributed by atoms with Gasteiger partial charge in [0.2, 0.25) is 0 Å². The molecule has 3 rings (SSSR count). The molecule has 0 spiro atoms. The monoisotopic (exact) mass is 362 g/mol. The van der Waals surface area contributed by atoms with E-state index in [4.69, 9.17) is 10.6 Å². The normalized spacial score (nSPS) is 15.8. The Labute approximate surface area is 147 Å². The van der Waals surface area contributed by atoms with Gasteiger partial charge in [0, 0.05) is 24.5 Å². The fourth-order valence-corrected chi connectivity index (χ4v) is 3.35. The molecule has 1 aliphatic rings. The Morgan fingerprint density at radius 1 is 1.20 bits per heavy atom. The summed E-state index contributed by atoms with van der Waals surface area (Å²) in [6, 6.07) is 9.14. The molecule has 0 amide bonds. The lowest BCUT2D eigenvalue weighted by Crippen LogP contribution is -2.40. The largest absolute Gasteiger partial charge is 0.379 e. The van der Waals surface area contributed by atoms with Crippen molar-refractivity contribution in [3.05, 3.63) is 36.7 Å². The van der Waals surface area contributed by atoms with Crippen molar-refractivity contribution < 1.29 is 9.30 Å². The number of nitrogens with one attached hydrogen (secondary N) is 1. The molecule has 2 aromatic rings. The van der Waals surface area contributed by atoms with Crippen LogP contribution in [-0.4, -0.2) is 54.6 Å². The van der Waals surface area contributed by atoms with Crippen LogP contribution >= 0.6 is 7.14 Å². The Morgan fingerprint density at radius 2 is 1.88 bits per heavy atom. The standard InChI is InChI=1S/C16H23N6O2P/c1-25(2,23)14-5-3-13(4-6-14)22(17)16-11-15(18-12-19-16)20-21-7-9-24-10-8-21/h3-6,11-12H,7-10,17H2,1-2H3,(H,18,19,20). The van der Waals surface area contributed by atoms with E-state index in [0.717, 1.165) is 24.1 Å². The van der Waals surface area contributed by atoms with Crippen molar-refractivity contribution in [1.29, 1.82) is 0 Å². The number of benzene rings is 1. The number of hydrazine groups is 2. The van der Waals surface area contributed by atoms with Crippen molar-refractivity contribution in [2.24, 2.45) is 5.84 Å². The van der Waals surface area contributed by atoms with Crippen molar-refractivity contribution in [2.45, 2.75) is 0 Å². The Hall–Kier alpha value is -1.99. The molecule has 134 valence electrons. The van der Waals surface area contributed by atoms with Gasteiger partial charge >= 0.3 is 0 Å². The van der Waals surface area contributed by atoms with E-state index in [-0.39, 0.29) is 0 Å². The van der Waals surface area contributed by atoms with Gasteiger partial charge in [0.1, 0.15) is 19.3 Å². The average Bonchev–Trinajstić information content (AvgIpc) is 2.61. The molecular formula is C16H23N6O2P. The van der Waals surface area contributed by atoms with Crippen LogP contribution in [0.4, 0.5) is 17.3 Å². The molecule has 1 aromatic heterocycles. The molecule has 25 heavy (non-hydrogen) atoms. The van der Waals surface area contributed by atoms with Gasteiger partial charge in [-0.15, -0.1) is 0 Å². The molecule has 1 fully saturated rings. The lowest BCUT2D eigenvalue weighted by Gasteiger charge is -2.27. The van der Waals surface area contributed by atoms with Gasteiger partial charge in [-0.2, -0.15) is 0 Å². The van der Waals surface area contributed by atoms with Crippen LogP contribution in [0.1, 0.15) is 0 Å². The molecule has 3 N–H and O–H groups in total. The number of rotatable bonds is 5. The highest BCUT2D eigenvalue weighted by molar-refractivity contribution is 7.70. The van der Waals surface area contributed by atoms with E-state index in [2.05, 4.69) is 15.4 Å². The minimum atomic E-state index is -2.28. The van der Waals surface area contributed by atoms with Crippen LogP contribution in [0.5, 0.6) is 0 Å². The van der Waals surface area contributed by atoms with Crippen molar-refractivity contribution in [2.75, 3.05) is 50.1 Å². The number of hydrogen-bond acceptors (Lipinski definition) is 8. The van der Waals surface area contributed by atoms with Gasteiger partial charge in [-0.3, -0.25) is 5.01 Å². The Bertz CT molecular complexity index is 757. The molecule has 9 heteroatoms. The average molecular weight is 362 g/mol. The Kier molecular flexibility index (Phi) is 5.34. The number of anilines is 3. The summed E-state index contributed by atoms with van der Waals surface area (Å²) in [5.41, 5.74) is 4.00. The van der Waals surface area contributed by atoms with Gasteiger partial charge < -0.3 is 14.7 Å². The summed E-state index contributed by atoms with van der Waals surface area (Å²) in [5, 5.41) is 4.35. The van der Waals surface area contributed by atoms with E-state index in [1.807, 2.05) is 29.3 Å². The first-order chi connectivity index (χ1) is 11.9. The van der Waals surface area contributed by atoms with Crippen LogP contribution in [-0.2, 0) is 9.30 Å². The van der Waals surface area contributed by atoms with Crippen LogP contribution in [0.3, 0.4) is 0 Å². The third kappa shape index (κ3) is 4.55. The van der Waals surface area contributed by atoms with Crippen molar-refractivity contribution in [3.8, 4) is 0 Å². The molecule has 1 aromatic carbocycles. The van der Waals surface area contributed by atoms with Gasteiger partial charge in [-0.25, -0.2) is 20.8 Å². The molecule has 0 aliphatic carbocycles. The zero-order valence-electron chi connectivity index (χ0n) is 14.4. The lowest BCUT2D eigenvalue weighted by atomic mass is 10.3. The molecule has 0 unspecified atom stereocenters. The second kappa shape index (κ2) is 7.49. The molecule has 1 saturated heterocycles. The van der Waals surface area contributed by atoms with Gasteiger partial charge in [-0.1, -0.05) is 0 Å². The minimum absolute atomic E-state index is 0.565. The van der Waals surface area contributed by atoms with Crippen molar-refractivity contribution in [1.82, 2.24) is 15.0 Å². The Morgan fingerprint density at radius 3 is 2.52 bits per heavy atom. The third-order valence-electron chi connectivity index (χ3n) is 3.93. The highest BCUT2D eigenvalue weighted by Crippen LogP contribution is 2.35. The van der Waals surface area contributed by atoms with Crippen molar-refractivity contribution >= 4 is 29.8 Å². The number of ether oxygens (including phenoxy) is 1. The summed E-state index contributed by atoms with van der Waals surface area (Å²) in [7, 11) is -2.28.